The molecule has 1 aromatic carbocycles. The summed E-state index contributed by atoms with van der Waals surface area (Å²) < 4.78 is 9.91. The Labute approximate surface area is 97.8 Å². The third kappa shape index (κ3) is 2.17. The van der Waals surface area contributed by atoms with Crippen LogP contribution in [0.2, 0.25) is 5.02 Å². The minimum atomic E-state index is -0.570. The second-order valence-corrected chi connectivity index (χ2v) is 3.73. The van der Waals surface area contributed by atoms with Gasteiger partial charge in [-0.15, -0.1) is 0 Å². The molecule has 4 nitrogen and oxygen atoms in total. The van der Waals surface area contributed by atoms with Crippen LogP contribution in [0.25, 0.3) is 0 Å². The predicted octanol–water partition coefficient (Wildman–Crippen LogP) is 1.66. The lowest BCUT2D eigenvalue weighted by molar-refractivity contribution is -0.142. The van der Waals surface area contributed by atoms with Gasteiger partial charge < -0.3 is 9.47 Å². The molecule has 2 rings (SSSR count). The molecular weight excluding hydrogens is 230 g/mol. The summed E-state index contributed by atoms with van der Waals surface area (Å²) in [6.45, 7) is 0.217. The second kappa shape index (κ2) is 4.53. The molecule has 0 saturated carbocycles. The van der Waals surface area contributed by atoms with Crippen LogP contribution in [0.15, 0.2) is 29.3 Å². The first kappa shape index (κ1) is 11.0. The number of ether oxygens (including phenoxy) is 2. The van der Waals surface area contributed by atoms with E-state index in [0.29, 0.717) is 10.9 Å². The molecular formula is C11H10ClNO3. The normalized spacial score (nSPS) is 18.9. The zero-order chi connectivity index (χ0) is 11.5. The van der Waals surface area contributed by atoms with Crippen LogP contribution in [0.4, 0.5) is 0 Å². The van der Waals surface area contributed by atoms with Gasteiger partial charge in [0.2, 0.25) is 5.90 Å². The van der Waals surface area contributed by atoms with Crippen molar-refractivity contribution in [1.82, 2.24) is 0 Å². The third-order valence-corrected chi connectivity index (χ3v) is 2.43. The first-order chi connectivity index (χ1) is 7.70. The number of carbonyl (C=O) groups is 1. The fourth-order valence-corrected chi connectivity index (χ4v) is 1.60. The summed E-state index contributed by atoms with van der Waals surface area (Å²) in [5, 5.41) is 0.602. The number of aliphatic imine (C=N–C) groups is 1. The molecule has 1 heterocycles. The molecule has 0 unspecified atom stereocenters. The van der Waals surface area contributed by atoms with Crippen molar-refractivity contribution in [2.24, 2.45) is 4.99 Å². The predicted molar refractivity (Wildman–Crippen MR) is 59.7 cm³/mol. The highest BCUT2D eigenvalue weighted by Crippen LogP contribution is 2.16. The lowest BCUT2D eigenvalue weighted by Crippen LogP contribution is -2.21. The number of nitrogens with zero attached hydrogens (tertiary/aromatic N) is 1. The molecule has 84 valence electrons. The van der Waals surface area contributed by atoms with E-state index in [-0.39, 0.29) is 6.61 Å². The Morgan fingerprint density at radius 2 is 2.44 bits per heavy atom. The van der Waals surface area contributed by atoms with Gasteiger partial charge >= 0.3 is 5.97 Å². The summed E-state index contributed by atoms with van der Waals surface area (Å²) >= 11 is 5.85. The summed E-state index contributed by atoms with van der Waals surface area (Å²) in [4.78, 5) is 15.4. The van der Waals surface area contributed by atoms with Crippen LogP contribution in [0.1, 0.15) is 5.56 Å². The third-order valence-electron chi connectivity index (χ3n) is 2.20. The van der Waals surface area contributed by atoms with Crippen molar-refractivity contribution in [2.75, 3.05) is 13.7 Å². The molecule has 0 fully saturated rings. The molecule has 0 aromatic heterocycles. The number of esters is 1. The Kier molecular flexibility index (Phi) is 3.10. The fourth-order valence-electron chi connectivity index (χ4n) is 1.41. The SMILES string of the molecule is COC(=O)[C@@H]1COC(c2cccc(Cl)c2)=N1. The maximum atomic E-state index is 11.2. The highest BCUT2D eigenvalue weighted by Gasteiger charge is 2.27. The molecule has 1 aliphatic heterocycles. The summed E-state index contributed by atoms with van der Waals surface area (Å²) in [6, 6.07) is 6.55. The molecule has 0 bridgehead atoms. The Morgan fingerprint density at radius 1 is 1.62 bits per heavy atom. The minimum Gasteiger partial charge on any atom is -0.475 e. The monoisotopic (exact) mass is 239 g/mol. The second-order valence-electron chi connectivity index (χ2n) is 3.29. The zero-order valence-corrected chi connectivity index (χ0v) is 9.40. The van der Waals surface area contributed by atoms with Gasteiger partial charge in [0.1, 0.15) is 6.61 Å². The van der Waals surface area contributed by atoms with Crippen molar-refractivity contribution in [3.63, 3.8) is 0 Å². The van der Waals surface area contributed by atoms with Crippen molar-refractivity contribution in [3.8, 4) is 0 Å². The lowest BCUT2D eigenvalue weighted by atomic mass is 10.2. The standard InChI is InChI=1S/C11H10ClNO3/c1-15-11(14)9-6-16-10(13-9)7-3-2-4-8(12)5-7/h2-5,9H,6H2,1H3/t9-/m0/s1. The largest absolute Gasteiger partial charge is 0.475 e. The molecule has 0 amide bonds. The zero-order valence-electron chi connectivity index (χ0n) is 8.64. The Balaban J connectivity index is 2.21. The van der Waals surface area contributed by atoms with E-state index in [1.807, 2.05) is 6.07 Å². The van der Waals surface area contributed by atoms with Crippen LogP contribution in [0.3, 0.4) is 0 Å². The fraction of sp³-hybridized carbons (Fsp3) is 0.273. The van der Waals surface area contributed by atoms with E-state index in [1.165, 1.54) is 7.11 Å². The van der Waals surface area contributed by atoms with E-state index in [1.54, 1.807) is 18.2 Å². The van der Waals surface area contributed by atoms with Crippen LogP contribution in [0.5, 0.6) is 0 Å². The summed E-state index contributed by atoms with van der Waals surface area (Å²) in [7, 11) is 1.33. The topological polar surface area (TPSA) is 47.9 Å². The minimum absolute atomic E-state index is 0.217. The number of methoxy groups -OCH3 is 1. The van der Waals surface area contributed by atoms with E-state index in [2.05, 4.69) is 9.73 Å². The number of hydrogen-bond acceptors (Lipinski definition) is 4. The Bertz CT molecular complexity index is 445. The number of halogens is 1. The molecule has 5 heteroatoms. The first-order valence-corrected chi connectivity index (χ1v) is 5.13. The van der Waals surface area contributed by atoms with Gasteiger partial charge in [-0.25, -0.2) is 9.79 Å². The molecule has 0 aliphatic carbocycles. The molecule has 1 aromatic rings. The first-order valence-electron chi connectivity index (χ1n) is 4.75. The average Bonchev–Trinajstić information content (AvgIpc) is 2.77. The van der Waals surface area contributed by atoms with Crippen molar-refractivity contribution in [2.45, 2.75) is 6.04 Å². The highest BCUT2D eigenvalue weighted by atomic mass is 35.5. The van der Waals surface area contributed by atoms with Gasteiger partial charge in [-0.3, -0.25) is 0 Å². The van der Waals surface area contributed by atoms with Crippen molar-refractivity contribution in [3.05, 3.63) is 34.9 Å². The van der Waals surface area contributed by atoms with Crippen LogP contribution in [-0.2, 0) is 14.3 Å². The van der Waals surface area contributed by atoms with E-state index in [9.17, 15) is 4.79 Å². The van der Waals surface area contributed by atoms with Crippen LogP contribution < -0.4 is 0 Å². The van der Waals surface area contributed by atoms with E-state index in [4.69, 9.17) is 16.3 Å². The maximum absolute atomic E-state index is 11.2. The van der Waals surface area contributed by atoms with E-state index < -0.39 is 12.0 Å². The van der Waals surface area contributed by atoms with Gasteiger partial charge in [0.05, 0.1) is 7.11 Å². The van der Waals surface area contributed by atoms with Gasteiger partial charge in [0.25, 0.3) is 0 Å². The highest BCUT2D eigenvalue weighted by molar-refractivity contribution is 6.31. The van der Waals surface area contributed by atoms with Gasteiger partial charge in [-0.05, 0) is 18.2 Å². The van der Waals surface area contributed by atoms with Gasteiger partial charge in [0.15, 0.2) is 6.04 Å². The van der Waals surface area contributed by atoms with Crippen molar-refractivity contribution < 1.29 is 14.3 Å². The molecule has 16 heavy (non-hydrogen) atoms. The van der Waals surface area contributed by atoms with Crippen molar-refractivity contribution in [1.29, 1.82) is 0 Å². The number of benzene rings is 1. The number of carbonyl (C=O) groups excluding carboxylic acids is 1. The Morgan fingerprint density at radius 3 is 3.12 bits per heavy atom. The maximum Gasteiger partial charge on any atom is 0.334 e. The van der Waals surface area contributed by atoms with Crippen molar-refractivity contribution >= 4 is 23.5 Å². The van der Waals surface area contributed by atoms with Crippen LogP contribution >= 0.6 is 11.6 Å². The summed E-state index contributed by atoms with van der Waals surface area (Å²) in [5.74, 6) is 0.0370. The van der Waals surface area contributed by atoms with Gasteiger partial charge in [-0.2, -0.15) is 0 Å². The molecule has 0 saturated heterocycles. The average molecular weight is 240 g/mol. The smallest absolute Gasteiger partial charge is 0.334 e. The molecule has 0 N–H and O–H groups in total. The van der Waals surface area contributed by atoms with E-state index >= 15 is 0 Å². The van der Waals surface area contributed by atoms with Crippen LogP contribution in [-0.4, -0.2) is 31.6 Å². The quantitative estimate of drug-likeness (QED) is 0.738. The van der Waals surface area contributed by atoms with Crippen LogP contribution in [0, 0.1) is 0 Å². The summed E-state index contributed by atoms with van der Waals surface area (Å²) in [6.07, 6.45) is 0. The van der Waals surface area contributed by atoms with Gasteiger partial charge in [-0.1, -0.05) is 17.7 Å². The number of hydrogen-bond donors (Lipinski definition) is 0. The van der Waals surface area contributed by atoms with E-state index in [0.717, 1.165) is 5.56 Å². The molecule has 1 aliphatic rings. The molecule has 1 atom stereocenters. The van der Waals surface area contributed by atoms with Gasteiger partial charge in [0, 0.05) is 10.6 Å². The lowest BCUT2D eigenvalue weighted by Gasteiger charge is -2.01. The molecule has 0 spiro atoms. The number of rotatable bonds is 2. The Hall–Kier alpha value is -1.55. The molecule has 0 radical (unpaired) electrons. The summed E-state index contributed by atoms with van der Waals surface area (Å²) in [5.41, 5.74) is 0.763.